The molecule has 16 heavy (non-hydrogen) atoms. The van der Waals surface area contributed by atoms with Crippen molar-refractivity contribution >= 4 is 12.2 Å². The molecule has 1 aromatic rings. The van der Waals surface area contributed by atoms with Crippen LogP contribution >= 0.6 is 0 Å². The van der Waals surface area contributed by atoms with Gasteiger partial charge >= 0.3 is 5.63 Å². The zero-order valence-corrected chi connectivity index (χ0v) is 10.3. The molecule has 0 bridgehead atoms. The summed E-state index contributed by atoms with van der Waals surface area (Å²) in [7, 11) is 0. The van der Waals surface area contributed by atoms with Gasteiger partial charge in [0.05, 0.1) is 0 Å². The molecule has 0 aromatic carbocycles. The van der Waals surface area contributed by atoms with Crippen molar-refractivity contribution in [3.8, 4) is 0 Å². The van der Waals surface area contributed by atoms with Crippen molar-refractivity contribution in [1.82, 2.24) is 0 Å². The van der Waals surface area contributed by atoms with Crippen LogP contribution in [0.5, 0.6) is 0 Å². The molecule has 0 atom stereocenters. The molecular formula is C14H18O2. The summed E-state index contributed by atoms with van der Waals surface area (Å²) in [6, 6.07) is 3.14. The predicted molar refractivity (Wildman–Crippen MR) is 68.5 cm³/mol. The highest BCUT2D eigenvalue weighted by atomic mass is 16.4. The zero-order chi connectivity index (χ0) is 12.4. The van der Waals surface area contributed by atoms with Crippen LogP contribution < -0.4 is 16.3 Å². The number of allylic oxidation sites excluding steroid dienone is 1. The van der Waals surface area contributed by atoms with Gasteiger partial charge in [-0.3, -0.25) is 0 Å². The lowest BCUT2D eigenvalue weighted by molar-refractivity contribution is 0.474. The summed E-state index contributed by atoms with van der Waals surface area (Å²) in [5, 5.41) is 0.899. The van der Waals surface area contributed by atoms with Gasteiger partial charge in [-0.2, -0.15) is 0 Å². The summed E-state index contributed by atoms with van der Waals surface area (Å²) in [6.07, 6.45) is 7.06. The van der Waals surface area contributed by atoms with Gasteiger partial charge in [0.1, 0.15) is 5.42 Å². The van der Waals surface area contributed by atoms with Crippen molar-refractivity contribution in [3.63, 3.8) is 0 Å². The highest BCUT2D eigenvalue weighted by Crippen LogP contribution is 1.76. The third-order valence-corrected chi connectivity index (χ3v) is 1.58. The summed E-state index contributed by atoms with van der Waals surface area (Å²) in [6.45, 7) is 8.00. The Morgan fingerprint density at radius 2 is 1.62 bits per heavy atom. The Morgan fingerprint density at radius 1 is 1.00 bits per heavy atom. The van der Waals surface area contributed by atoms with Crippen molar-refractivity contribution in [3.05, 3.63) is 51.1 Å². The third kappa shape index (κ3) is 4.16. The van der Waals surface area contributed by atoms with Gasteiger partial charge in [-0.15, -0.1) is 5.73 Å². The van der Waals surface area contributed by atoms with E-state index in [0.29, 0.717) is 5.42 Å². The molecule has 1 aliphatic rings. The van der Waals surface area contributed by atoms with E-state index in [0.717, 1.165) is 5.22 Å². The van der Waals surface area contributed by atoms with Crippen LogP contribution in [-0.2, 0) is 0 Å². The van der Waals surface area contributed by atoms with Crippen molar-refractivity contribution in [1.29, 1.82) is 0 Å². The fourth-order valence-electron chi connectivity index (χ4n) is 1.03. The molecule has 2 rings (SSSR count). The molecule has 1 aliphatic carbocycles. The van der Waals surface area contributed by atoms with E-state index in [1.807, 2.05) is 33.8 Å². The van der Waals surface area contributed by atoms with Gasteiger partial charge in [-0.1, -0.05) is 27.7 Å². The van der Waals surface area contributed by atoms with E-state index in [2.05, 4.69) is 5.73 Å². The van der Waals surface area contributed by atoms with E-state index in [9.17, 15) is 4.79 Å². The van der Waals surface area contributed by atoms with Crippen LogP contribution in [0.2, 0.25) is 0 Å². The Morgan fingerprint density at radius 3 is 2.31 bits per heavy atom. The molecule has 0 N–H and O–H groups in total. The highest BCUT2D eigenvalue weighted by Gasteiger charge is 1.88. The number of hydrogen-bond donors (Lipinski definition) is 0. The average Bonchev–Trinajstić information content (AvgIpc) is 2.59. The van der Waals surface area contributed by atoms with Crippen LogP contribution in [0.3, 0.4) is 0 Å². The van der Waals surface area contributed by atoms with Crippen molar-refractivity contribution < 1.29 is 4.42 Å². The Balaban J connectivity index is 0.000000509. The van der Waals surface area contributed by atoms with E-state index in [1.54, 1.807) is 24.3 Å². The monoisotopic (exact) mass is 218 g/mol. The molecule has 0 saturated heterocycles. The van der Waals surface area contributed by atoms with E-state index in [1.165, 1.54) is 6.07 Å². The smallest absolute Gasteiger partial charge is 0.336 e. The Bertz CT molecular complexity index is 527. The summed E-state index contributed by atoms with van der Waals surface area (Å²) in [5.74, 6) is 0. The summed E-state index contributed by atoms with van der Waals surface area (Å²) in [4.78, 5) is 10.8. The van der Waals surface area contributed by atoms with Crippen molar-refractivity contribution in [2.24, 2.45) is 0 Å². The van der Waals surface area contributed by atoms with Crippen LogP contribution in [0.25, 0.3) is 12.2 Å². The van der Waals surface area contributed by atoms with E-state index < -0.39 is 0 Å². The Hall–Kier alpha value is -1.79. The SMILES string of the molecule is CC.CC.O=c1ccc2c(o1)=CC=C=CC=2. The lowest BCUT2D eigenvalue weighted by atomic mass is 10.3. The first-order valence-electron chi connectivity index (χ1n) is 5.59. The van der Waals surface area contributed by atoms with Crippen LogP contribution in [0.4, 0.5) is 0 Å². The summed E-state index contributed by atoms with van der Waals surface area (Å²) < 4.78 is 4.95. The van der Waals surface area contributed by atoms with Crippen LogP contribution in [-0.4, -0.2) is 0 Å². The molecule has 1 aromatic heterocycles. The van der Waals surface area contributed by atoms with E-state index >= 15 is 0 Å². The topological polar surface area (TPSA) is 30.2 Å². The summed E-state index contributed by atoms with van der Waals surface area (Å²) in [5.41, 5.74) is 3.15. The van der Waals surface area contributed by atoms with Gasteiger partial charge in [0, 0.05) is 11.3 Å². The van der Waals surface area contributed by atoms with Gasteiger partial charge in [0.15, 0.2) is 0 Å². The third-order valence-electron chi connectivity index (χ3n) is 1.58. The lowest BCUT2D eigenvalue weighted by Gasteiger charge is -1.84. The molecule has 0 spiro atoms. The zero-order valence-electron chi connectivity index (χ0n) is 10.3. The maximum atomic E-state index is 10.8. The van der Waals surface area contributed by atoms with Gasteiger partial charge < -0.3 is 4.42 Å². The van der Waals surface area contributed by atoms with E-state index in [4.69, 9.17) is 4.42 Å². The van der Waals surface area contributed by atoms with E-state index in [-0.39, 0.29) is 5.63 Å². The first kappa shape index (κ1) is 14.2. The molecule has 2 nitrogen and oxygen atoms in total. The predicted octanol–water partition coefficient (Wildman–Crippen LogP) is 1.98. The second kappa shape index (κ2) is 8.51. The molecule has 86 valence electrons. The fraction of sp³-hybridized carbons (Fsp3) is 0.286. The van der Waals surface area contributed by atoms with Gasteiger partial charge in [0.25, 0.3) is 0 Å². The molecule has 0 radical (unpaired) electrons. The van der Waals surface area contributed by atoms with Crippen LogP contribution in [0.15, 0.2) is 39.2 Å². The largest absolute Gasteiger partial charge is 0.423 e. The quantitative estimate of drug-likeness (QED) is 0.623. The minimum absolute atomic E-state index is 0.325. The molecule has 0 amide bonds. The second-order valence-electron chi connectivity index (χ2n) is 2.41. The first-order valence-corrected chi connectivity index (χ1v) is 5.59. The number of fused-ring (bicyclic) bond motifs is 1. The molecule has 0 aliphatic heterocycles. The molecule has 0 saturated carbocycles. The number of hydrogen-bond acceptors (Lipinski definition) is 2. The average molecular weight is 218 g/mol. The highest BCUT2D eigenvalue weighted by molar-refractivity contribution is 5.44. The van der Waals surface area contributed by atoms with Crippen molar-refractivity contribution in [2.45, 2.75) is 27.7 Å². The van der Waals surface area contributed by atoms with Gasteiger partial charge in [-0.05, 0) is 30.4 Å². The normalized spacial score (nSPS) is 10.2. The molecule has 0 fully saturated rings. The lowest BCUT2D eigenvalue weighted by Crippen LogP contribution is -2.27. The molecule has 2 heteroatoms. The summed E-state index contributed by atoms with van der Waals surface area (Å²) >= 11 is 0. The first-order chi connectivity index (χ1) is 7.86. The number of rotatable bonds is 0. The van der Waals surface area contributed by atoms with Crippen LogP contribution in [0, 0.1) is 0 Å². The molecule has 0 unspecified atom stereocenters. The maximum Gasteiger partial charge on any atom is 0.336 e. The maximum absolute atomic E-state index is 10.8. The van der Waals surface area contributed by atoms with Gasteiger partial charge in [-0.25, -0.2) is 4.79 Å². The Kier molecular flexibility index (Phi) is 7.56. The second-order valence-corrected chi connectivity index (χ2v) is 2.41. The minimum atomic E-state index is -0.325. The fourth-order valence-corrected chi connectivity index (χ4v) is 1.03. The molecule has 1 heterocycles. The Labute approximate surface area is 95.9 Å². The standard InChI is InChI=1S/C10H6O2.2C2H6/c11-10-7-6-8-4-2-1-3-5-9(8)12-10;2*1-2/h2-7H;2*1-2H3. The molecular weight excluding hydrogens is 200 g/mol. The van der Waals surface area contributed by atoms with Crippen molar-refractivity contribution in [2.75, 3.05) is 0 Å². The van der Waals surface area contributed by atoms with Crippen LogP contribution in [0.1, 0.15) is 27.7 Å². The minimum Gasteiger partial charge on any atom is -0.423 e. The van der Waals surface area contributed by atoms with Gasteiger partial charge in [0.2, 0.25) is 0 Å².